The van der Waals surface area contributed by atoms with Crippen LogP contribution >= 0.6 is 0 Å². The SMILES string of the molecule is CCCCCCCCCCCCC(C)(C(=O)OCC)c1ccccc1. The van der Waals surface area contributed by atoms with E-state index in [2.05, 4.69) is 6.92 Å². The molecule has 0 aliphatic carbocycles. The molecular formula is C23H38O2. The molecule has 0 aliphatic heterocycles. The molecule has 1 atom stereocenters. The number of esters is 1. The first-order valence-electron chi connectivity index (χ1n) is 10.4. The van der Waals surface area contributed by atoms with Crippen LogP contribution in [0, 0.1) is 0 Å². The summed E-state index contributed by atoms with van der Waals surface area (Å²) >= 11 is 0. The highest BCUT2D eigenvalue weighted by molar-refractivity contribution is 5.82. The van der Waals surface area contributed by atoms with Crippen molar-refractivity contribution in [2.75, 3.05) is 6.61 Å². The van der Waals surface area contributed by atoms with E-state index >= 15 is 0 Å². The van der Waals surface area contributed by atoms with Gasteiger partial charge in [-0.3, -0.25) is 4.79 Å². The number of ether oxygens (including phenoxy) is 1. The predicted octanol–water partition coefficient (Wildman–Crippen LogP) is 6.82. The minimum absolute atomic E-state index is 0.0860. The Balaban J connectivity index is 2.33. The first kappa shape index (κ1) is 21.7. The van der Waals surface area contributed by atoms with Gasteiger partial charge in [0.2, 0.25) is 0 Å². The van der Waals surface area contributed by atoms with E-state index < -0.39 is 5.41 Å². The Morgan fingerprint density at radius 3 is 1.88 bits per heavy atom. The molecule has 2 nitrogen and oxygen atoms in total. The summed E-state index contributed by atoms with van der Waals surface area (Å²) in [4.78, 5) is 12.5. The zero-order valence-corrected chi connectivity index (χ0v) is 16.7. The van der Waals surface area contributed by atoms with Crippen LogP contribution in [0.3, 0.4) is 0 Å². The van der Waals surface area contributed by atoms with E-state index in [0.29, 0.717) is 6.61 Å². The molecule has 0 heterocycles. The third-order valence-corrected chi connectivity index (χ3v) is 5.17. The number of benzene rings is 1. The number of unbranched alkanes of at least 4 members (excludes halogenated alkanes) is 9. The van der Waals surface area contributed by atoms with Crippen LogP contribution in [-0.4, -0.2) is 12.6 Å². The molecule has 25 heavy (non-hydrogen) atoms. The molecule has 0 saturated heterocycles. The zero-order valence-electron chi connectivity index (χ0n) is 16.7. The molecule has 0 aliphatic rings. The quantitative estimate of drug-likeness (QED) is 0.273. The van der Waals surface area contributed by atoms with E-state index in [0.717, 1.165) is 18.4 Å². The largest absolute Gasteiger partial charge is 0.465 e. The van der Waals surface area contributed by atoms with Crippen molar-refractivity contribution < 1.29 is 9.53 Å². The fraction of sp³-hybridized carbons (Fsp3) is 0.696. The molecule has 0 fully saturated rings. The van der Waals surface area contributed by atoms with Crippen molar-refractivity contribution in [2.24, 2.45) is 0 Å². The van der Waals surface area contributed by atoms with Crippen molar-refractivity contribution in [1.82, 2.24) is 0 Å². The second-order valence-electron chi connectivity index (χ2n) is 7.35. The molecule has 2 heteroatoms. The molecule has 1 rings (SSSR count). The molecule has 0 bridgehead atoms. The molecule has 0 radical (unpaired) electrons. The Kier molecular flexibility index (Phi) is 11.3. The van der Waals surface area contributed by atoms with Gasteiger partial charge >= 0.3 is 5.97 Å². The first-order chi connectivity index (χ1) is 12.1. The van der Waals surface area contributed by atoms with Gasteiger partial charge in [-0.2, -0.15) is 0 Å². The molecule has 0 amide bonds. The van der Waals surface area contributed by atoms with Crippen LogP contribution in [0.2, 0.25) is 0 Å². The normalized spacial score (nSPS) is 13.4. The van der Waals surface area contributed by atoms with Crippen LogP contribution in [-0.2, 0) is 14.9 Å². The van der Waals surface area contributed by atoms with Gasteiger partial charge in [-0.1, -0.05) is 101 Å². The molecule has 0 N–H and O–H groups in total. The summed E-state index contributed by atoms with van der Waals surface area (Å²) in [6.45, 7) is 6.62. The Morgan fingerprint density at radius 2 is 1.36 bits per heavy atom. The number of carbonyl (C=O) groups excluding carboxylic acids is 1. The van der Waals surface area contributed by atoms with Crippen molar-refractivity contribution in [3.63, 3.8) is 0 Å². The van der Waals surface area contributed by atoms with Crippen LogP contribution in [0.4, 0.5) is 0 Å². The van der Waals surface area contributed by atoms with Gasteiger partial charge in [-0.25, -0.2) is 0 Å². The van der Waals surface area contributed by atoms with E-state index in [-0.39, 0.29) is 5.97 Å². The highest BCUT2D eigenvalue weighted by Gasteiger charge is 2.35. The number of hydrogen-bond donors (Lipinski definition) is 0. The Hall–Kier alpha value is -1.31. The molecule has 0 aromatic heterocycles. The summed E-state index contributed by atoms with van der Waals surface area (Å²) in [7, 11) is 0. The van der Waals surface area contributed by atoms with Crippen molar-refractivity contribution in [3.05, 3.63) is 35.9 Å². The molecule has 1 aromatic rings. The molecule has 1 aromatic carbocycles. The molecule has 0 spiro atoms. The lowest BCUT2D eigenvalue weighted by atomic mass is 9.78. The lowest BCUT2D eigenvalue weighted by Gasteiger charge is -2.28. The van der Waals surface area contributed by atoms with Gasteiger partial charge in [0.15, 0.2) is 0 Å². The number of carbonyl (C=O) groups is 1. The fourth-order valence-corrected chi connectivity index (χ4v) is 3.43. The van der Waals surface area contributed by atoms with Crippen molar-refractivity contribution in [3.8, 4) is 0 Å². The molecule has 142 valence electrons. The van der Waals surface area contributed by atoms with Crippen molar-refractivity contribution >= 4 is 5.97 Å². The zero-order chi connectivity index (χ0) is 18.4. The minimum Gasteiger partial charge on any atom is -0.465 e. The average molecular weight is 347 g/mol. The van der Waals surface area contributed by atoms with E-state index in [1.807, 2.05) is 44.2 Å². The van der Waals surface area contributed by atoms with Gasteiger partial charge in [0.25, 0.3) is 0 Å². The average Bonchev–Trinajstić information content (AvgIpc) is 2.64. The Bertz CT molecular complexity index is 454. The summed E-state index contributed by atoms with van der Waals surface area (Å²) in [5.41, 5.74) is 0.557. The van der Waals surface area contributed by atoms with Gasteiger partial charge in [-0.05, 0) is 25.8 Å². The second kappa shape index (κ2) is 13.0. The highest BCUT2D eigenvalue weighted by atomic mass is 16.5. The minimum atomic E-state index is -0.516. The van der Waals surface area contributed by atoms with Gasteiger partial charge in [0, 0.05) is 0 Å². The number of hydrogen-bond acceptors (Lipinski definition) is 2. The van der Waals surface area contributed by atoms with Gasteiger partial charge in [0.1, 0.15) is 0 Å². The summed E-state index contributed by atoms with van der Waals surface area (Å²) in [5, 5.41) is 0. The second-order valence-corrected chi connectivity index (χ2v) is 7.35. The van der Waals surface area contributed by atoms with E-state index in [1.54, 1.807) is 0 Å². The maximum Gasteiger partial charge on any atom is 0.316 e. The third kappa shape index (κ3) is 8.07. The maximum absolute atomic E-state index is 12.5. The third-order valence-electron chi connectivity index (χ3n) is 5.17. The van der Waals surface area contributed by atoms with Crippen LogP contribution in [0.5, 0.6) is 0 Å². The highest BCUT2D eigenvalue weighted by Crippen LogP contribution is 2.31. The van der Waals surface area contributed by atoms with Gasteiger partial charge < -0.3 is 4.74 Å². The lowest BCUT2D eigenvalue weighted by molar-refractivity contribution is -0.149. The predicted molar refractivity (Wildman–Crippen MR) is 107 cm³/mol. The smallest absolute Gasteiger partial charge is 0.316 e. The fourth-order valence-electron chi connectivity index (χ4n) is 3.43. The monoisotopic (exact) mass is 346 g/mol. The number of rotatable bonds is 14. The van der Waals surface area contributed by atoms with Crippen LogP contribution in [0.15, 0.2) is 30.3 Å². The summed E-state index contributed by atoms with van der Waals surface area (Å²) < 4.78 is 5.36. The van der Waals surface area contributed by atoms with Crippen LogP contribution < -0.4 is 0 Å². The van der Waals surface area contributed by atoms with E-state index in [9.17, 15) is 4.79 Å². The first-order valence-corrected chi connectivity index (χ1v) is 10.4. The Morgan fingerprint density at radius 1 is 0.840 bits per heavy atom. The van der Waals surface area contributed by atoms with Crippen LogP contribution in [0.25, 0.3) is 0 Å². The van der Waals surface area contributed by atoms with Gasteiger partial charge in [-0.15, -0.1) is 0 Å². The maximum atomic E-state index is 12.5. The summed E-state index contributed by atoms with van der Waals surface area (Å²) in [6.07, 6.45) is 14.0. The van der Waals surface area contributed by atoms with E-state index in [1.165, 1.54) is 57.8 Å². The van der Waals surface area contributed by atoms with Crippen LogP contribution in [0.1, 0.15) is 97.0 Å². The summed E-state index contributed by atoms with van der Waals surface area (Å²) in [6, 6.07) is 10.1. The van der Waals surface area contributed by atoms with Crippen molar-refractivity contribution in [1.29, 1.82) is 0 Å². The lowest BCUT2D eigenvalue weighted by Crippen LogP contribution is -2.34. The summed E-state index contributed by atoms with van der Waals surface area (Å²) in [5.74, 6) is -0.0860. The standard InChI is InChI=1S/C23H38O2/c1-4-6-7-8-9-10-11-12-13-17-20-23(3,22(24)25-5-2)21-18-15-14-16-19-21/h14-16,18-19H,4-13,17,20H2,1-3H3. The molecule has 1 unspecified atom stereocenters. The molecule has 0 saturated carbocycles. The van der Waals surface area contributed by atoms with Crippen molar-refractivity contribution in [2.45, 2.75) is 96.8 Å². The van der Waals surface area contributed by atoms with E-state index in [4.69, 9.17) is 4.74 Å². The Labute approximate surface area is 155 Å². The topological polar surface area (TPSA) is 26.3 Å². The van der Waals surface area contributed by atoms with Gasteiger partial charge in [0.05, 0.1) is 12.0 Å². The molecular weight excluding hydrogens is 308 g/mol.